The molecule has 0 N–H and O–H groups in total. The summed E-state index contributed by atoms with van der Waals surface area (Å²) >= 11 is 2.47. The van der Waals surface area contributed by atoms with Gasteiger partial charge in [0.15, 0.2) is 0 Å². The fourth-order valence-corrected chi connectivity index (χ4v) is 0.231. The molecule has 0 radical (unpaired) electrons. The van der Waals surface area contributed by atoms with Crippen LogP contribution in [0.2, 0.25) is 0 Å². The van der Waals surface area contributed by atoms with Gasteiger partial charge >= 0.3 is 6.18 Å². The molecule has 0 aromatic rings. The summed E-state index contributed by atoms with van der Waals surface area (Å²) in [7, 11) is 0. The molecule has 0 amide bonds. The summed E-state index contributed by atoms with van der Waals surface area (Å²) in [5, 5.41) is 0. The van der Waals surface area contributed by atoms with Crippen molar-refractivity contribution < 1.29 is 13.2 Å². The molecule has 0 saturated carbocycles. The van der Waals surface area contributed by atoms with E-state index in [9.17, 15) is 13.2 Å². The average molecular weight is 191 g/mol. The Morgan fingerprint density at radius 3 is 1.88 bits per heavy atom. The second kappa shape index (κ2) is 2.71. The van der Waals surface area contributed by atoms with E-state index < -0.39 is 11.0 Å². The summed E-state index contributed by atoms with van der Waals surface area (Å²) in [5.74, 6) is 0. The fraction of sp³-hybridized carbons (Fsp3) is 1.00. The molecule has 0 aliphatic heterocycles. The molecule has 0 unspecified atom stereocenters. The molecule has 0 nitrogen and oxygen atoms in total. The van der Waals surface area contributed by atoms with Crippen LogP contribution in [-0.2, 0) is 0 Å². The van der Waals surface area contributed by atoms with E-state index in [0.29, 0.717) is 0 Å². The van der Waals surface area contributed by atoms with Crippen LogP contribution in [0.25, 0.3) is 0 Å². The van der Waals surface area contributed by atoms with Crippen molar-refractivity contribution in [3.63, 3.8) is 0 Å². The molecule has 0 rings (SSSR count). The van der Waals surface area contributed by atoms with Gasteiger partial charge in [0.2, 0.25) is 0 Å². The fourth-order valence-electron chi connectivity index (χ4n) is 0.231. The topological polar surface area (TPSA) is 0 Å². The summed E-state index contributed by atoms with van der Waals surface area (Å²) in [6.07, 6.45) is -3.99. The smallest absolute Gasteiger partial charge is 0.170 e. The minimum Gasteiger partial charge on any atom is -0.170 e. The highest BCUT2D eigenvalue weighted by Crippen LogP contribution is 2.27. The maximum absolute atomic E-state index is 11.4. The van der Waals surface area contributed by atoms with Crippen molar-refractivity contribution in [1.82, 2.24) is 0 Å². The lowest BCUT2D eigenvalue weighted by Crippen LogP contribution is -2.21. The van der Waals surface area contributed by atoms with Gasteiger partial charge in [0.05, 0.1) is 0 Å². The van der Waals surface area contributed by atoms with Crippen LogP contribution < -0.4 is 0 Å². The molecule has 0 bridgehead atoms. The van der Waals surface area contributed by atoms with E-state index in [1.165, 1.54) is 6.92 Å². The van der Waals surface area contributed by atoms with Crippen molar-refractivity contribution in [2.24, 2.45) is 0 Å². The molecule has 0 aromatic carbocycles. The normalized spacial score (nSPS) is 16.1. The molecule has 0 heterocycles. The third-order valence-corrected chi connectivity index (χ3v) is 1.88. The summed E-state index contributed by atoms with van der Waals surface area (Å²) in [4.78, 5) is -1.34. The van der Waals surface area contributed by atoms with E-state index in [1.54, 1.807) is 0 Å². The Labute approximate surface area is 54.2 Å². The predicted molar refractivity (Wildman–Crippen MR) is 29.1 cm³/mol. The molecule has 0 spiro atoms. The highest BCUT2D eigenvalue weighted by molar-refractivity contribution is 9.09. The first-order valence-corrected chi connectivity index (χ1v) is 3.10. The zero-order valence-electron chi connectivity index (χ0n) is 4.30. The van der Waals surface area contributed by atoms with E-state index >= 15 is 0 Å². The van der Waals surface area contributed by atoms with Crippen molar-refractivity contribution in [3.05, 3.63) is 0 Å². The summed E-state index contributed by atoms with van der Waals surface area (Å²) in [6, 6.07) is 0. The molecule has 0 aromatic heterocycles. The van der Waals surface area contributed by atoms with Gasteiger partial charge in [0.1, 0.15) is 4.83 Å². The average Bonchev–Trinajstić information content (AvgIpc) is 1.62. The molecular formula is C4H6BrF3. The molecule has 1 atom stereocenters. The van der Waals surface area contributed by atoms with E-state index in [0.717, 1.165) is 0 Å². The van der Waals surface area contributed by atoms with E-state index in [-0.39, 0.29) is 6.42 Å². The number of rotatable bonds is 1. The lowest BCUT2D eigenvalue weighted by atomic mass is 10.3. The molecule has 4 heteroatoms. The van der Waals surface area contributed by atoms with Crippen molar-refractivity contribution >= 4 is 15.9 Å². The first-order valence-electron chi connectivity index (χ1n) is 2.19. The van der Waals surface area contributed by atoms with Gasteiger partial charge in [-0.2, -0.15) is 13.2 Å². The summed E-state index contributed by atoms with van der Waals surface area (Å²) in [5.41, 5.74) is 0. The van der Waals surface area contributed by atoms with E-state index in [1.807, 2.05) is 0 Å². The maximum atomic E-state index is 11.4. The number of hydrogen-bond donors (Lipinski definition) is 0. The molecule has 0 aliphatic rings. The van der Waals surface area contributed by atoms with Crippen LogP contribution in [0.5, 0.6) is 0 Å². The molecule has 8 heavy (non-hydrogen) atoms. The SMILES string of the molecule is CC[C@@H](Br)C(F)(F)F. The van der Waals surface area contributed by atoms with E-state index in [2.05, 4.69) is 15.9 Å². The zero-order chi connectivity index (χ0) is 6.78. The minimum absolute atomic E-state index is 0.0868. The molecule has 0 saturated heterocycles. The standard InChI is InChI=1S/C4H6BrF3/c1-2-3(5)4(6,7)8/h3H,2H2,1H3/t3-/m1/s1. The Balaban J connectivity index is 3.62. The number of hydrogen-bond acceptors (Lipinski definition) is 0. The van der Waals surface area contributed by atoms with Crippen LogP contribution in [0.4, 0.5) is 13.2 Å². The van der Waals surface area contributed by atoms with Gasteiger partial charge in [-0.1, -0.05) is 22.9 Å². The van der Waals surface area contributed by atoms with Gasteiger partial charge in [-0.15, -0.1) is 0 Å². The molecular weight excluding hydrogens is 185 g/mol. The first kappa shape index (κ1) is 8.27. The van der Waals surface area contributed by atoms with Crippen LogP contribution in [0.3, 0.4) is 0 Å². The van der Waals surface area contributed by atoms with Gasteiger partial charge < -0.3 is 0 Å². The highest BCUT2D eigenvalue weighted by Gasteiger charge is 2.35. The van der Waals surface area contributed by atoms with Crippen molar-refractivity contribution in [3.8, 4) is 0 Å². The maximum Gasteiger partial charge on any atom is 0.401 e. The third kappa shape index (κ3) is 2.55. The lowest BCUT2D eigenvalue weighted by Gasteiger charge is -2.09. The monoisotopic (exact) mass is 190 g/mol. The second-order valence-electron chi connectivity index (χ2n) is 1.42. The summed E-state index contributed by atoms with van der Waals surface area (Å²) < 4.78 is 34.2. The van der Waals surface area contributed by atoms with Gasteiger partial charge in [0, 0.05) is 0 Å². The van der Waals surface area contributed by atoms with Gasteiger partial charge in [-0.05, 0) is 6.42 Å². The van der Waals surface area contributed by atoms with Crippen LogP contribution >= 0.6 is 15.9 Å². The number of halogens is 4. The van der Waals surface area contributed by atoms with Gasteiger partial charge in [0.25, 0.3) is 0 Å². The number of alkyl halides is 4. The van der Waals surface area contributed by atoms with E-state index in [4.69, 9.17) is 0 Å². The molecule has 0 fully saturated rings. The van der Waals surface area contributed by atoms with Crippen LogP contribution in [0, 0.1) is 0 Å². The van der Waals surface area contributed by atoms with Crippen LogP contribution in [0.15, 0.2) is 0 Å². The Morgan fingerprint density at radius 1 is 1.50 bits per heavy atom. The third-order valence-electron chi connectivity index (χ3n) is 0.714. The summed E-state index contributed by atoms with van der Waals surface area (Å²) in [6.45, 7) is 1.48. The minimum atomic E-state index is -4.07. The van der Waals surface area contributed by atoms with Crippen molar-refractivity contribution in [2.75, 3.05) is 0 Å². The Morgan fingerprint density at radius 2 is 1.88 bits per heavy atom. The van der Waals surface area contributed by atoms with Crippen molar-refractivity contribution in [2.45, 2.75) is 24.3 Å². The Hall–Kier alpha value is 0.270. The largest absolute Gasteiger partial charge is 0.401 e. The Kier molecular flexibility index (Phi) is 2.80. The first-order chi connectivity index (χ1) is 3.48. The zero-order valence-corrected chi connectivity index (χ0v) is 5.88. The van der Waals surface area contributed by atoms with Crippen LogP contribution in [-0.4, -0.2) is 11.0 Å². The van der Waals surface area contributed by atoms with Gasteiger partial charge in [-0.3, -0.25) is 0 Å². The van der Waals surface area contributed by atoms with Crippen molar-refractivity contribution in [1.29, 1.82) is 0 Å². The lowest BCUT2D eigenvalue weighted by molar-refractivity contribution is -0.127. The molecule has 0 aliphatic carbocycles. The molecule has 50 valence electrons. The van der Waals surface area contributed by atoms with Gasteiger partial charge in [-0.25, -0.2) is 0 Å². The predicted octanol–water partition coefficient (Wildman–Crippen LogP) is 2.72. The highest BCUT2D eigenvalue weighted by atomic mass is 79.9. The Bertz CT molecular complexity index is 68.2. The quantitative estimate of drug-likeness (QED) is 0.559. The van der Waals surface area contributed by atoms with Crippen LogP contribution in [0.1, 0.15) is 13.3 Å². The second-order valence-corrected chi connectivity index (χ2v) is 2.52.